The lowest BCUT2D eigenvalue weighted by atomic mass is 10.1. The number of fused-ring (bicyclic) bond motifs is 1. The van der Waals surface area contributed by atoms with Crippen molar-refractivity contribution in [2.75, 3.05) is 7.11 Å². The Bertz CT molecular complexity index is 675. The second-order valence-electron chi connectivity index (χ2n) is 4.55. The SMILES string of the molecule is C=C(F)C(=O)NC(C)c1oc2ccc(OC)cc2c1C. The molecule has 1 aromatic heterocycles. The second-order valence-corrected chi connectivity index (χ2v) is 4.55. The van der Waals surface area contributed by atoms with Crippen LogP contribution in [0.1, 0.15) is 24.3 Å². The minimum absolute atomic E-state index is 0.451. The number of amides is 1. The van der Waals surface area contributed by atoms with Crippen LogP contribution in [0, 0.1) is 6.92 Å². The molecule has 1 atom stereocenters. The van der Waals surface area contributed by atoms with Gasteiger partial charge in [-0.15, -0.1) is 0 Å². The molecule has 0 saturated carbocycles. The zero-order valence-corrected chi connectivity index (χ0v) is 11.6. The molecule has 5 heteroatoms. The van der Waals surface area contributed by atoms with Crippen LogP contribution in [0.4, 0.5) is 4.39 Å². The molecule has 0 spiro atoms. The van der Waals surface area contributed by atoms with Gasteiger partial charge < -0.3 is 14.5 Å². The molecule has 1 unspecified atom stereocenters. The number of aryl methyl sites for hydroxylation is 1. The molecule has 0 saturated heterocycles. The molecule has 20 heavy (non-hydrogen) atoms. The van der Waals surface area contributed by atoms with E-state index in [2.05, 4.69) is 11.9 Å². The first kappa shape index (κ1) is 14.1. The van der Waals surface area contributed by atoms with Crippen LogP contribution < -0.4 is 10.1 Å². The predicted octanol–water partition coefficient (Wildman–Crippen LogP) is 3.41. The predicted molar refractivity (Wildman–Crippen MR) is 74.3 cm³/mol. The molecule has 0 aliphatic rings. The Hall–Kier alpha value is -2.30. The Labute approximate surface area is 116 Å². The van der Waals surface area contributed by atoms with Crippen LogP contribution in [0.15, 0.2) is 35.0 Å². The monoisotopic (exact) mass is 277 g/mol. The third-order valence-corrected chi connectivity index (χ3v) is 3.17. The Morgan fingerprint density at radius 1 is 1.50 bits per heavy atom. The largest absolute Gasteiger partial charge is 0.497 e. The van der Waals surface area contributed by atoms with Gasteiger partial charge in [0, 0.05) is 10.9 Å². The Balaban J connectivity index is 2.37. The van der Waals surface area contributed by atoms with E-state index in [9.17, 15) is 9.18 Å². The number of methoxy groups -OCH3 is 1. The number of ether oxygens (including phenoxy) is 1. The first-order valence-electron chi connectivity index (χ1n) is 6.16. The lowest BCUT2D eigenvalue weighted by Crippen LogP contribution is -2.26. The van der Waals surface area contributed by atoms with E-state index in [4.69, 9.17) is 9.15 Å². The van der Waals surface area contributed by atoms with Gasteiger partial charge in [-0.05, 0) is 32.0 Å². The lowest BCUT2D eigenvalue weighted by molar-refractivity contribution is -0.119. The van der Waals surface area contributed by atoms with Crippen molar-refractivity contribution < 1.29 is 18.3 Å². The van der Waals surface area contributed by atoms with Gasteiger partial charge >= 0.3 is 0 Å². The fourth-order valence-electron chi connectivity index (χ4n) is 2.10. The number of carbonyl (C=O) groups excluding carboxylic acids is 1. The van der Waals surface area contributed by atoms with E-state index >= 15 is 0 Å². The highest BCUT2D eigenvalue weighted by atomic mass is 19.1. The number of furan rings is 1. The van der Waals surface area contributed by atoms with Crippen LogP contribution in [-0.2, 0) is 4.79 Å². The van der Waals surface area contributed by atoms with E-state index in [0.29, 0.717) is 11.3 Å². The van der Waals surface area contributed by atoms with Crippen molar-refractivity contribution in [3.8, 4) is 5.75 Å². The van der Waals surface area contributed by atoms with Crippen LogP contribution >= 0.6 is 0 Å². The molecule has 1 amide bonds. The van der Waals surface area contributed by atoms with Crippen LogP contribution in [0.2, 0.25) is 0 Å². The number of carbonyl (C=O) groups is 1. The Morgan fingerprint density at radius 2 is 2.20 bits per heavy atom. The number of benzene rings is 1. The lowest BCUT2D eigenvalue weighted by Gasteiger charge is -2.11. The molecule has 1 aromatic carbocycles. The van der Waals surface area contributed by atoms with Crippen molar-refractivity contribution in [1.29, 1.82) is 0 Å². The molecule has 0 fully saturated rings. The summed E-state index contributed by atoms with van der Waals surface area (Å²) in [4.78, 5) is 11.3. The topological polar surface area (TPSA) is 51.5 Å². The average molecular weight is 277 g/mol. The third kappa shape index (κ3) is 2.52. The number of nitrogens with one attached hydrogen (secondary N) is 1. The quantitative estimate of drug-likeness (QED) is 0.871. The number of hydrogen-bond donors (Lipinski definition) is 1. The molecule has 0 bridgehead atoms. The maximum Gasteiger partial charge on any atom is 0.279 e. The highest BCUT2D eigenvalue weighted by Crippen LogP contribution is 2.31. The van der Waals surface area contributed by atoms with Gasteiger partial charge in [0.05, 0.1) is 13.2 Å². The van der Waals surface area contributed by atoms with Crippen LogP contribution in [0.5, 0.6) is 5.75 Å². The fourth-order valence-corrected chi connectivity index (χ4v) is 2.10. The number of halogens is 1. The summed E-state index contributed by atoms with van der Waals surface area (Å²) in [5.41, 5.74) is 1.58. The third-order valence-electron chi connectivity index (χ3n) is 3.17. The summed E-state index contributed by atoms with van der Waals surface area (Å²) in [5, 5.41) is 3.39. The van der Waals surface area contributed by atoms with Gasteiger partial charge in [-0.3, -0.25) is 4.79 Å². The van der Waals surface area contributed by atoms with Gasteiger partial charge in [0.1, 0.15) is 17.1 Å². The maximum absolute atomic E-state index is 12.7. The van der Waals surface area contributed by atoms with Crippen molar-refractivity contribution in [3.05, 3.63) is 41.9 Å². The van der Waals surface area contributed by atoms with Crippen molar-refractivity contribution in [1.82, 2.24) is 5.32 Å². The van der Waals surface area contributed by atoms with E-state index in [1.807, 2.05) is 13.0 Å². The molecule has 0 radical (unpaired) electrons. The van der Waals surface area contributed by atoms with Gasteiger partial charge in [0.2, 0.25) is 0 Å². The summed E-state index contributed by atoms with van der Waals surface area (Å²) < 4.78 is 23.6. The molecular formula is C15H16FNO3. The summed E-state index contributed by atoms with van der Waals surface area (Å²) in [5.74, 6) is -0.549. The zero-order valence-electron chi connectivity index (χ0n) is 11.6. The first-order chi connectivity index (χ1) is 9.43. The molecular weight excluding hydrogens is 261 g/mol. The summed E-state index contributed by atoms with van der Waals surface area (Å²) in [6, 6.07) is 5.00. The van der Waals surface area contributed by atoms with Crippen LogP contribution in [0.25, 0.3) is 11.0 Å². The molecule has 4 nitrogen and oxygen atoms in total. The van der Waals surface area contributed by atoms with Gasteiger partial charge in [0.15, 0.2) is 5.83 Å². The molecule has 106 valence electrons. The van der Waals surface area contributed by atoms with Gasteiger partial charge in [0.25, 0.3) is 5.91 Å². The van der Waals surface area contributed by atoms with Gasteiger partial charge in [-0.25, -0.2) is 4.39 Å². The van der Waals surface area contributed by atoms with Crippen molar-refractivity contribution in [2.45, 2.75) is 19.9 Å². The molecule has 1 N–H and O–H groups in total. The van der Waals surface area contributed by atoms with Crippen LogP contribution in [0.3, 0.4) is 0 Å². The second kappa shape index (κ2) is 5.36. The Kier molecular flexibility index (Phi) is 3.79. The average Bonchev–Trinajstić information content (AvgIpc) is 2.75. The van der Waals surface area contributed by atoms with E-state index in [-0.39, 0.29) is 0 Å². The molecule has 1 heterocycles. The highest BCUT2D eigenvalue weighted by Gasteiger charge is 2.19. The van der Waals surface area contributed by atoms with E-state index in [1.165, 1.54) is 0 Å². The minimum atomic E-state index is -1.02. The number of rotatable bonds is 4. The van der Waals surface area contributed by atoms with Gasteiger partial charge in [-0.2, -0.15) is 0 Å². The standard InChI is InChI=1S/C15H16FNO3/c1-8-12-7-11(19-4)5-6-13(12)20-14(8)10(3)17-15(18)9(2)16/h5-7,10H,2H2,1,3-4H3,(H,17,18). The summed E-state index contributed by atoms with van der Waals surface area (Å²) in [6.45, 7) is 6.57. The summed E-state index contributed by atoms with van der Waals surface area (Å²) >= 11 is 0. The van der Waals surface area contributed by atoms with E-state index in [1.54, 1.807) is 26.2 Å². The highest BCUT2D eigenvalue weighted by molar-refractivity contribution is 5.91. The molecule has 2 rings (SSSR count). The first-order valence-corrected chi connectivity index (χ1v) is 6.16. The van der Waals surface area contributed by atoms with Crippen molar-refractivity contribution in [2.24, 2.45) is 0 Å². The Morgan fingerprint density at radius 3 is 2.80 bits per heavy atom. The smallest absolute Gasteiger partial charge is 0.279 e. The molecule has 0 aliphatic carbocycles. The van der Waals surface area contributed by atoms with E-state index < -0.39 is 17.8 Å². The maximum atomic E-state index is 12.7. The number of hydrogen-bond acceptors (Lipinski definition) is 3. The normalized spacial score (nSPS) is 12.2. The summed E-state index contributed by atoms with van der Waals surface area (Å²) in [6.07, 6.45) is 0. The van der Waals surface area contributed by atoms with Gasteiger partial charge in [-0.1, -0.05) is 6.58 Å². The zero-order chi connectivity index (χ0) is 14.9. The van der Waals surface area contributed by atoms with Crippen molar-refractivity contribution >= 4 is 16.9 Å². The van der Waals surface area contributed by atoms with Crippen molar-refractivity contribution in [3.63, 3.8) is 0 Å². The van der Waals surface area contributed by atoms with E-state index in [0.717, 1.165) is 16.7 Å². The molecule has 2 aromatic rings. The minimum Gasteiger partial charge on any atom is -0.497 e. The van der Waals surface area contributed by atoms with Crippen LogP contribution in [-0.4, -0.2) is 13.0 Å². The molecule has 0 aliphatic heterocycles. The summed E-state index contributed by atoms with van der Waals surface area (Å²) in [7, 11) is 1.59. The fraction of sp³-hybridized carbons (Fsp3) is 0.267.